The van der Waals surface area contributed by atoms with Gasteiger partial charge < -0.3 is 5.32 Å². The highest BCUT2D eigenvalue weighted by atomic mass is 79.9. The van der Waals surface area contributed by atoms with Crippen molar-refractivity contribution in [2.45, 2.75) is 31.6 Å². The van der Waals surface area contributed by atoms with E-state index in [1.807, 2.05) is 19.9 Å². The van der Waals surface area contributed by atoms with E-state index in [1.165, 1.54) is 6.07 Å². The molecular weight excluding hydrogens is 317 g/mol. The van der Waals surface area contributed by atoms with Gasteiger partial charge in [0.2, 0.25) is 0 Å². The molecule has 1 rings (SSSR count). The van der Waals surface area contributed by atoms with Crippen molar-refractivity contribution in [1.29, 1.82) is 0 Å². The van der Waals surface area contributed by atoms with Gasteiger partial charge in [-0.05, 0) is 32.0 Å². The van der Waals surface area contributed by atoms with Crippen LogP contribution in [0.15, 0.2) is 22.7 Å². The number of hydrogen-bond donors (Lipinski definition) is 1. The van der Waals surface area contributed by atoms with Crippen molar-refractivity contribution in [3.63, 3.8) is 0 Å². The van der Waals surface area contributed by atoms with Crippen molar-refractivity contribution >= 4 is 26.7 Å². The molecular formula is C13H19BrFNOS. The molecule has 1 aromatic carbocycles. The lowest BCUT2D eigenvalue weighted by Crippen LogP contribution is -2.24. The topological polar surface area (TPSA) is 29.1 Å². The molecule has 0 heterocycles. The van der Waals surface area contributed by atoms with Crippen molar-refractivity contribution in [3.05, 3.63) is 34.1 Å². The SMILES string of the molecule is C[C@H](NCC[C@H](C)[S@](C)=O)c1ccc(Br)cc1F. The van der Waals surface area contributed by atoms with Crippen LogP contribution in [0.25, 0.3) is 0 Å². The third kappa shape index (κ3) is 4.78. The van der Waals surface area contributed by atoms with Gasteiger partial charge in [-0.15, -0.1) is 0 Å². The molecule has 0 saturated heterocycles. The predicted octanol–water partition coefficient (Wildman–Crippen LogP) is 3.40. The summed E-state index contributed by atoms with van der Waals surface area (Å²) in [6.45, 7) is 4.62. The van der Waals surface area contributed by atoms with Crippen molar-refractivity contribution in [3.8, 4) is 0 Å². The monoisotopic (exact) mass is 335 g/mol. The average molecular weight is 336 g/mol. The molecule has 0 fully saturated rings. The van der Waals surface area contributed by atoms with E-state index >= 15 is 0 Å². The van der Waals surface area contributed by atoms with Crippen LogP contribution in [-0.4, -0.2) is 22.3 Å². The lowest BCUT2D eigenvalue weighted by molar-refractivity contribution is 0.519. The molecule has 1 aromatic rings. The molecule has 5 heteroatoms. The second kappa shape index (κ2) is 7.36. The van der Waals surface area contributed by atoms with Gasteiger partial charge in [-0.3, -0.25) is 4.21 Å². The molecule has 2 nitrogen and oxygen atoms in total. The maximum Gasteiger partial charge on any atom is 0.129 e. The Labute approximate surface area is 119 Å². The summed E-state index contributed by atoms with van der Waals surface area (Å²) >= 11 is 3.24. The Kier molecular flexibility index (Phi) is 6.46. The predicted molar refractivity (Wildman–Crippen MR) is 78.7 cm³/mol. The van der Waals surface area contributed by atoms with Gasteiger partial charge in [0.1, 0.15) is 5.82 Å². The minimum absolute atomic E-state index is 0.0457. The summed E-state index contributed by atoms with van der Waals surface area (Å²) in [4.78, 5) is 0. The highest BCUT2D eigenvalue weighted by Crippen LogP contribution is 2.20. The second-order valence-electron chi connectivity index (χ2n) is 4.44. The van der Waals surface area contributed by atoms with Crippen LogP contribution in [0, 0.1) is 5.82 Å². The van der Waals surface area contributed by atoms with Crippen LogP contribution >= 0.6 is 15.9 Å². The van der Waals surface area contributed by atoms with Crippen LogP contribution in [0.1, 0.15) is 31.9 Å². The van der Waals surface area contributed by atoms with E-state index in [-0.39, 0.29) is 17.1 Å². The molecule has 0 aromatic heterocycles. The molecule has 0 saturated carbocycles. The number of rotatable bonds is 6. The molecule has 102 valence electrons. The van der Waals surface area contributed by atoms with Gasteiger partial charge in [0.25, 0.3) is 0 Å². The average Bonchev–Trinajstić information content (AvgIpc) is 2.28. The summed E-state index contributed by atoms with van der Waals surface area (Å²) < 4.78 is 25.6. The van der Waals surface area contributed by atoms with E-state index < -0.39 is 10.8 Å². The van der Waals surface area contributed by atoms with Crippen LogP contribution in [0.4, 0.5) is 4.39 Å². The maximum atomic E-state index is 13.7. The van der Waals surface area contributed by atoms with E-state index in [1.54, 1.807) is 12.3 Å². The molecule has 0 aliphatic heterocycles. The zero-order valence-electron chi connectivity index (χ0n) is 10.9. The molecule has 0 spiro atoms. The lowest BCUT2D eigenvalue weighted by Gasteiger charge is -2.16. The molecule has 0 aliphatic carbocycles. The minimum atomic E-state index is -0.797. The zero-order valence-corrected chi connectivity index (χ0v) is 13.3. The van der Waals surface area contributed by atoms with Crippen LogP contribution in [-0.2, 0) is 10.8 Å². The molecule has 3 atom stereocenters. The Balaban J connectivity index is 2.50. The summed E-state index contributed by atoms with van der Waals surface area (Å²) in [5.41, 5.74) is 0.656. The first kappa shape index (κ1) is 15.8. The number of benzene rings is 1. The first-order chi connectivity index (χ1) is 8.41. The van der Waals surface area contributed by atoms with Gasteiger partial charge in [-0.1, -0.05) is 28.9 Å². The Morgan fingerprint density at radius 2 is 2.11 bits per heavy atom. The van der Waals surface area contributed by atoms with E-state index in [0.29, 0.717) is 5.56 Å². The standard InChI is InChI=1S/C13H19BrFNOS/c1-9(18(3)17)6-7-16-10(2)12-5-4-11(14)8-13(12)15/h4-5,8-10,16H,6-7H2,1-3H3/t9-,10-,18-/m0/s1. The third-order valence-electron chi connectivity index (χ3n) is 3.00. The van der Waals surface area contributed by atoms with Gasteiger partial charge in [0.15, 0.2) is 0 Å². The molecule has 0 bridgehead atoms. The zero-order chi connectivity index (χ0) is 13.7. The Morgan fingerprint density at radius 3 is 2.67 bits per heavy atom. The van der Waals surface area contributed by atoms with Crippen molar-refractivity contribution < 1.29 is 8.60 Å². The summed E-state index contributed by atoms with van der Waals surface area (Å²) in [6.07, 6.45) is 2.54. The quantitative estimate of drug-likeness (QED) is 0.863. The molecule has 1 N–H and O–H groups in total. The Bertz CT molecular complexity index is 427. The Morgan fingerprint density at radius 1 is 1.44 bits per heavy atom. The van der Waals surface area contributed by atoms with Crippen molar-refractivity contribution in [2.24, 2.45) is 0 Å². The fourth-order valence-electron chi connectivity index (χ4n) is 1.63. The van der Waals surface area contributed by atoms with E-state index in [0.717, 1.165) is 17.4 Å². The first-order valence-corrected chi connectivity index (χ1v) is 8.33. The van der Waals surface area contributed by atoms with E-state index in [9.17, 15) is 8.60 Å². The largest absolute Gasteiger partial charge is 0.310 e. The summed E-state index contributed by atoms with van der Waals surface area (Å²) in [5.74, 6) is -0.212. The summed E-state index contributed by atoms with van der Waals surface area (Å²) in [6, 6.07) is 5.03. The van der Waals surface area contributed by atoms with Gasteiger partial charge in [0, 0.05) is 38.4 Å². The molecule has 0 aliphatic rings. The maximum absolute atomic E-state index is 13.7. The minimum Gasteiger partial charge on any atom is -0.310 e. The van der Waals surface area contributed by atoms with Crippen LogP contribution in [0.2, 0.25) is 0 Å². The fourth-order valence-corrected chi connectivity index (χ4v) is 2.41. The first-order valence-electron chi connectivity index (χ1n) is 5.92. The van der Waals surface area contributed by atoms with Crippen LogP contribution in [0.3, 0.4) is 0 Å². The van der Waals surface area contributed by atoms with E-state index in [2.05, 4.69) is 21.2 Å². The number of nitrogens with one attached hydrogen (secondary N) is 1. The molecule has 18 heavy (non-hydrogen) atoms. The highest BCUT2D eigenvalue weighted by Gasteiger charge is 2.12. The molecule has 0 amide bonds. The number of halogens is 2. The van der Waals surface area contributed by atoms with Crippen LogP contribution < -0.4 is 5.32 Å². The van der Waals surface area contributed by atoms with Gasteiger partial charge >= 0.3 is 0 Å². The summed E-state index contributed by atoms with van der Waals surface area (Å²) in [5, 5.41) is 3.42. The van der Waals surface area contributed by atoms with Crippen LogP contribution in [0.5, 0.6) is 0 Å². The smallest absolute Gasteiger partial charge is 0.129 e. The van der Waals surface area contributed by atoms with Crippen molar-refractivity contribution in [1.82, 2.24) is 5.32 Å². The highest BCUT2D eigenvalue weighted by molar-refractivity contribution is 9.10. The van der Waals surface area contributed by atoms with Gasteiger partial charge in [-0.2, -0.15) is 0 Å². The summed E-state index contributed by atoms with van der Waals surface area (Å²) in [7, 11) is -0.797. The normalized spacial score (nSPS) is 16.3. The van der Waals surface area contributed by atoms with E-state index in [4.69, 9.17) is 0 Å². The number of hydrogen-bond acceptors (Lipinski definition) is 2. The second-order valence-corrected chi connectivity index (χ2v) is 7.16. The lowest BCUT2D eigenvalue weighted by atomic mass is 10.1. The van der Waals surface area contributed by atoms with Gasteiger partial charge in [0.05, 0.1) is 0 Å². The fraction of sp³-hybridized carbons (Fsp3) is 0.538. The third-order valence-corrected chi connectivity index (χ3v) is 4.86. The Hall–Kier alpha value is -0.260. The molecule has 0 radical (unpaired) electrons. The molecule has 0 unspecified atom stereocenters. The van der Waals surface area contributed by atoms with Gasteiger partial charge in [-0.25, -0.2) is 4.39 Å². The van der Waals surface area contributed by atoms with Crippen molar-refractivity contribution in [2.75, 3.05) is 12.8 Å².